The fraction of sp³-hybridized carbons (Fsp3) is 0.244. The minimum absolute atomic E-state index is 0.253. The third-order valence-electron chi connectivity index (χ3n) is 7.19. The molecule has 0 spiro atoms. The van der Waals surface area contributed by atoms with E-state index in [-0.39, 0.29) is 5.97 Å². The third kappa shape index (κ3) is 10.5. The van der Waals surface area contributed by atoms with Crippen LogP contribution in [0.5, 0.6) is 11.5 Å². The van der Waals surface area contributed by atoms with Gasteiger partial charge < -0.3 is 14.2 Å². The maximum absolute atomic E-state index is 11.5. The molecule has 0 unspecified atom stereocenters. The Morgan fingerprint density at radius 2 is 1.33 bits per heavy atom. The average Bonchev–Trinajstić information content (AvgIpc) is 3.07. The van der Waals surface area contributed by atoms with Crippen LogP contribution >= 0.6 is 0 Å². The highest BCUT2D eigenvalue weighted by molar-refractivity contribution is 5.85. The van der Waals surface area contributed by atoms with Gasteiger partial charge in [-0.2, -0.15) is 0 Å². The molecule has 0 radical (unpaired) electrons. The molecular weight excluding hydrogens is 556 g/mol. The number of carbonyl (C=O) groups excluding carboxylic acids is 1. The van der Waals surface area contributed by atoms with Crippen molar-refractivity contribution in [1.29, 1.82) is 0 Å². The van der Waals surface area contributed by atoms with E-state index in [4.69, 9.17) is 14.2 Å². The summed E-state index contributed by atoms with van der Waals surface area (Å²) in [7, 11) is 0. The quantitative estimate of drug-likeness (QED) is 0.0386. The van der Waals surface area contributed by atoms with Gasteiger partial charge in [0.05, 0.1) is 13.2 Å². The summed E-state index contributed by atoms with van der Waals surface area (Å²) >= 11 is 0. The highest BCUT2D eigenvalue weighted by Crippen LogP contribution is 2.23. The largest absolute Gasteiger partial charge is 0.494 e. The van der Waals surface area contributed by atoms with E-state index in [2.05, 4.69) is 80.2 Å². The van der Waals surface area contributed by atoms with Crippen LogP contribution < -0.4 is 9.47 Å². The lowest BCUT2D eigenvalue weighted by Gasteiger charge is -2.08. The number of esters is 1. The predicted molar refractivity (Wildman–Crippen MR) is 183 cm³/mol. The fourth-order valence-corrected chi connectivity index (χ4v) is 4.58. The van der Waals surface area contributed by atoms with E-state index >= 15 is 0 Å². The Kier molecular flexibility index (Phi) is 12.5. The highest BCUT2D eigenvalue weighted by atomic mass is 16.5. The Hall–Kier alpha value is -5.19. The molecule has 4 heteroatoms. The maximum Gasteiger partial charge on any atom is 0.310 e. The number of hydrogen-bond acceptors (Lipinski definition) is 4. The summed E-state index contributed by atoms with van der Waals surface area (Å²) in [5.41, 5.74) is 4.92. The van der Waals surface area contributed by atoms with Crippen LogP contribution in [0, 0.1) is 23.7 Å². The van der Waals surface area contributed by atoms with E-state index < -0.39 is 0 Å². The lowest BCUT2D eigenvalue weighted by molar-refractivity contribution is -0.134. The van der Waals surface area contributed by atoms with Gasteiger partial charge in [-0.25, -0.2) is 0 Å². The normalized spacial score (nSPS) is 10.2. The van der Waals surface area contributed by atoms with E-state index in [1.165, 1.54) is 0 Å². The van der Waals surface area contributed by atoms with Crippen LogP contribution in [-0.2, 0) is 16.0 Å². The number of benzene rings is 4. The molecule has 0 saturated carbocycles. The topological polar surface area (TPSA) is 44.8 Å². The molecule has 0 saturated heterocycles. The molecular formula is C41H40O4. The third-order valence-corrected chi connectivity index (χ3v) is 7.19. The summed E-state index contributed by atoms with van der Waals surface area (Å²) in [6.45, 7) is 12.7. The Balaban J connectivity index is 1.32. The number of hydrogen-bond donors (Lipinski definition) is 0. The van der Waals surface area contributed by atoms with Gasteiger partial charge in [-0.3, -0.25) is 4.79 Å². The molecule has 4 rings (SSSR count). The summed E-state index contributed by atoms with van der Waals surface area (Å²) in [6.07, 6.45) is 7.05. The standard InChI is InChI=1S/C41H40O4/c1-5-31(4)43-26-10-8-9-11-27-44-40-25-22-37-29-34(16-21-38(37)30-40)15-20-36-19-14-33(28-35(36)6-2)13-12-32-17-23-39(24-18-32)45-41(42)7-3/h5,14,16-19,21-25,28-30H,1,4,6-11,26-27H2,2-3H3. The average molecular weight is 597 g/mol. The zero-order chi connectivity index (χ0) is 31.9. The summed E-state index contributed by atoms with van der Waals surface area (Å²) in [5, 5.41) is 2.26. The van der Waals surface area contributed by atoms with Crippen molar-refractivity contribution >= 4 is 16.7 Å². The van der Waals surface area contributed by atoms with E-state index in [0.29, 0.717) is 31.1 Å². The van der Waals surface area contributed by atoms with Crippen LogP contribution in [0.2, 0.25) is 0 Å². The van der Waals surface area contributed by atoms with Gasteiger partial charge in [0.15, 0.2) is 0 Å². The Bertz CT molecular complexity index is 1760. The summed E-state index contributed by atoms with van der Waals surface area (Å²) in [5.74, 6) is 14.9. The molecule has 4 aromatic carbocycles. The summed E-state index contributed by atoms with van der Waals surface area (Å²) < 4.78 is 16.7. The molecule has 0 heterocycles. The van der Waals surface area contributed by atoms with Gasteiger partial charge in [-0.05, 0) is 121 Å². The summed E-state index contributed by atoms with van der Waals surface area (Å²) in [4.78, 5) is 11.5. The van der Waals surface area contributed by atoms with Gasteiger partial charge in [-0.15, -0.1) is 0 Å². The number of aryl methyl sites for hydroxylation is 1. The molecule has 0 bridgehead atoms. The molecule has 228 valence electrons. The molecule has 0 N–H and O–H groups in total. The number of ether oxygens (including phenoxy) is 3. The second-order valence-electron chi connectivity index (χ2n) is 10.6. The maximum atomic E-state index is 11.5. The van der Waals surface area contributed by atoms with E-state index in [9.17, 15) is 4.79 Å². The number of carbonyl (C=O) groups is 1. The van der Waals surface area contributed by atoms with Crippen molar-refractivity contribution in [2.45, 2.75) is 52.4 Å². The Labute approximate surface area is 267 Å². The second kappa shape index (κ2) is 17.2. The van der Waals surface area contributed by atoms with Crippen molar-refractivity contribution in [3.8, 4) is 35.2 Å². The van der Waals surface area contributed by atoms with Crippen LogP contribution in [0.4, 0.5) is 0 Å². The van der Waals surface area contributed by atoms with E-state index in [1.807, 2.05) is 30.3 Å². The van der Waals surface area contributed by atoms with Gasteiger partial charge in [0, 0.05) is 28.7 Å². The molecule has 0 fully saturated rings. The molecule has 0 amide bonds. The molecule has 0 aliphatic rings. The minimum Gasteiger partial charge on any atom is -0.494 e. The lowest BCUT2D eigenvalue weighted by atomic mass is 10.0. The van der Waals surface area contributed by atoms with Crippen LogP contribution in [0.1, 0.15) is 73.8 Å². The van der Waals surface area contributed by atoms with Crippen LogP contribution in [-0.4, -0.2) is 19.2 Å². The molecule has 45 heavy (non-hydrogen) atoms. The first kappa shape index (κ1) is 32.7. The first-order valence-electron chi connectivity index (χ1n) is 15.6. The monoisotopic (exact) mass is 596 g/mol. The van der Waals surface area contributed by atoms with Crippen molar-refractivity contribution in [3.05, 3.63) is 132 Å². The molecule has 0 atom stereocenters. The molecule has 4 aromatic rings. The van der Waals surface area contributed by atoms with E-state index in [1.54, 1.807) is 25.1 Å². The zero-order valence-electron chi connectivity index (χ0n) is 26.3. The number of unbranched alkanes of at least 4 members (excludes halogenated alkanes) is 3. The van der Waals surface area contributed by atoms with Crippen LogP contribution in [0.3, 0.4) is 0 Å². The van der Waals surface area contributed by atoms with Crippen LogP contribution in [0.15, 0.2) is 104 Å². The van der Waals surface area contributed by atoms with Crippen molar-refractivity contribution in [2.24, 2.45) is 0 Å². The van der Waals surface area contributed by atoms with E-state index in [0.717, 1.165) is 76.4 Å². The molecule has 0 aromatic heterocycles. The molecule has 0 aliphatic heterocycles. The summed E-state index contributed by atoms with van der Waals surface area (Å²) in [6, 6.07) is 25.9. The number of rotatable bonds is 13. The Morgan fingerprint density at radius 1 is 0.711 bits per heavy atom. The number of fused-ring (bicyclic) bond motifs is 1. The fourth-order valence-electron chi connectivity index (χ4n) is 4.58. The molecule has 0 aliphatic carbocycles. The SMILES string of the molecule is C=CC(=C)OCCCCCCOc1ccc2cc(C#Cc3ccc(C#Cc4ccc(OC(=O)CC)cc4)cc3CC)ccc2c1. The van der Waals surface area contributed by atoms with Gasteiger partial charge in [0.25, 0.3) is 0 Å². The number of allylic oxidation sites excluding steroid dienone is 1. The minimum atomic E-state index is -0.253. The van der Waals surface area contributed by atoms with Gasteiger partial charge >= 0.3 is 5.97 Å². The van der Waals surface area contributed by atoms with Crippen molar-refractivity contribution < 1.29 is 19.0 Å². The van der Waals surface area contributed by atoms with Crippen molar-refractivity contribution in [3.63, 3.8) is 0 Å². The first-order chi connectivity index (χ1) is 22.0. The van der Waals surface area contributed by atoms with Crippen molar-refractivity contribution in [2.75, 3.05) is 13.2 Å². The van der Waals surface area contributed by atoms with Gasteiger partial charge in [0.1, 0.15) is 17.3 Å². The molecule has 4 nitrogen and oxygen atoms in total. The predicted octanol–water partition coefficient (Wildman–Crippen LogP) is 9.17. The highest BCUT2D eigenvalue weighted by Gasteiger charge is 2.03. The Morgan fingerprint density at radius 3 is 2.09 bits per heavy atom. The van der Waals surface area contributed by atoms with Gasteiger partial charge in [0.2, 0.25) is 0 Å². The smallest absolute Gasteiger partial charge is 0.310 e. The zero-order valence-corrected chi connectivity index (χ0v) is 26.3. The lowest BCUT2D eigenvalue weighted by Crippen LogP contribution is -2.05. The van der Waals surface area contributed by atoms with Crippen molar-refractivity contribution in [1.82, 2.24) is 0 Å². The van der Waals surface area contributed by atoms with Gasteiger partial charge in [-0.1, -0.05) is 62.8 Å². The second-order valence-corrected chi connectivity index (χ2v) is 10.6. The first-order valence-corrected chi connectivity index (χ1v) is 15.6. The van der Waals surface area contributed by atoms with Crippen LogP contribution in [0.25, 0.3) is 10.8 Å².